The van der Waals surface area contributed by atoms with Gasteiger partial charge in [-0.3, -0.25) is 4.79 Å². The van der Waals surface area contributed by atoms with E-state index in [9.17, 15) is 9.59 Å². The van der Waals surface area contributed by atoms with Crippen molar-refractivity contribution >= 4 is 11.9 Å². The van der Waals surface area contributed by atoms with Crippen molar-refractivity contribution in [3.8, 4) is 0 Å². The summed E-state index contributed by atoms with van der Waals surface area (Å²) in [5.41, 5.74) is 1.15. The van der Waals surface area contributed by atoms with Crippen LogP contribution in [-0.2, 0) is 9.53 Å². The highest BCUT2D eigenvalue weighted by Crippen LogP contribution is 2.21. The highest BCUT2D eigenvalue weighted by Gasteiger charge is 2.20. The van der Waals surface area contributed by atoms with Crippen molar-refractivity contribution in [2.75, 3.05) is 13.7 Å². The number of rotatable bonds is 3. The Morgan fingerprint density at radius 1 is 1.25 bits per heavy atom. The Hall–Kier alpha value is -1.78. The van der Waals surface area contributed by atoms with Crippen LogP contribution in [0.5, 0.6) is 0 Å². The van der Waals surface area contributed by atoms with E-state index in [1.54, 1.807) is 20.8 Å². The Morgan fingerprint density at radius 2 is 1.88 bits per heavy atom. The van der Waals surface area contributed by atoms with Gasteiger partial charge in [0, 0.05) is 12.6 Å². The SMILES string of the molecule is CNC(=O)COC(=O)c1c(C)oc(C)c1C. The molecule has 16 heavy (non-hydrogen) atoms. The van der Waals surface area contributed by atoms with E-state index in [0.29, 0.717) is 17.1 Å². The Bertz CT molecular complexity index is 420. The van der Waals surface area contributed by atoms with Gasteiger partial charge in [-0.15, -0.1) is 0 Å². The van der Waals surface area contributed by atoms with Gasteiger partial charge >= 0.3 is 5.97 Å². The normalized spacial score (nSPS) is 10.0. The van der Waals surface area contributed by atoms with Gasteiger partial charge in [0.15, 0.2) is 6.61 Å². The number of ether oxygens (including phenoxy) is 1. The fourth-order valence-electron chi connectivity index (χ4n) is 1.37. The van der Waals surface area contributed by atoms with Crippen molar-refractivity contribution in [1.82, 2.24) is 5.32 Å². The molecule has 0 radical (unpaired) electrons. The predicted molar refractivity (Wildman–Crippen MR) is 57.3 cm³/mol. The van der Waals surface area contributed by atoms with E-state index in [4.69, 9.17) is 9.15 Å². The van der Waals surface area contributed by atoms with Crippen LogP contribution in [0.1, 0.15) is 27.4 Å². The first-order valence-corrected chi connectivity index (χ1v) is 4.91. The van der Waals surface area contributed by atoms with Gasteiger partial charge in [0.1, 0.15) is 17.1 Å². The summed E-state index contributed by atoms with van der Waals surface area (Å²) in [7, 11) is 1.48. The van der Waals surface area contributed by atoms with Gasteiger partial charge in [-0.25, -0.2) is 4.79 Å². The first-order chi connectivity index (χ1) is 7.47. The van der Waals surface area contributed by atoms with Gasteiger partial charge < -0.3 is 14.5 Å². The van der Waals surface area contributed by atoms with Gasteiger partial charge in [-0.05, 0) is 20.8 Å². The number of hydrogen-bond acceptors (Lipinski definition) is 4. The van der Waals surface area contributed by atoms with Crippen LogP contribution >= 0.6 is 0 Å². The molecule has 1 aromatic heterocycles. The third-order valence-corrected chi connectivity index (χ3v) is 2.38. The van der Waals surface area contributed by atoms with E-state index in [0.717, 1.165) is 5.56 Å². The van der Waals surface area contributed by atoms with Crippen molar-refractivity contribution in [1.29, 1.82) is 0 Å². The van der Waals surface area contributed by atoms with Gasteiger partial charge in [0.2, 0.25) is 0 Å². The van der Waals surface area contributed by atoms with Crippen molar-refractivity contribution in [3.63, 3.8) is 0 Å². The fourth-order valence-corrected chi connectivity index (χ4v) is 1.37. The molecule has 0 saturated heterocycles. The van der Waals surface area contributed by atoms with Crippen LogP contribution in [0.3, 0.4) is 0 Å². The molecule has 5 nitrogen and oxygen atoms in total. The lowest BCUT2D eigenvalue weighted by atomic mass is 10.1. The second-order valence-corrected chi connectivity index (χ2v) is 3.46. The third-order valence-electron chi connectivity index (χ3n) is 2.38. The molecule has 1 heterocycles. The molecule has 1 rings (SSSR count). The van der Waals surface area contributed by atoms with E-state index < -0.39 is 5.97 Å². The maximum Gasteiger partial charge on any atom is 0.342 e. The molecule has 0 bridgehead atoms. The molecule has 0 fully saturated rings. The van der Waals surface area contributed by atoms with E-state index >= 15 is 0 Å². The number of nitrogens with one attached hydrogen (secondary N) is 1. The number of carbonyl (C=O) groups excluding carboxylic acids is 2. The quantitative estimate of drug-likeness (QED) is 0.782. The summed E-state index contributed by atoms with van der Waals surface area (Å²) in [5, 5.41) is 2.37. The number of aryl methyl sites for hydroxylation is 2. The predicted octanol–water partition coefficient (Wildman–Crippen LogP) is 1.11. The van der Waals surface area contributed by atoms with Crippen LogP contribution in [0, 0.1) is 20.8 Å². The Balaban J connectivity index is 2.77. The molecule has 0 aliphatic carbocycles. The minimum absolute atomic E-state index is 0.279. The van der Waals surface area contributed by atoms with E-state index in [1.807, 2.05) is 0 Å². The first kappa shape index (κ1) is 12.3. The number of likely N-dealkylation sites (N-methyl/N-ethyl adjacent to an activating group) is 1. The topological polar surface area (TPSA) is 68.5 Å². The van der Waals surface area contributed by atoms with Gasteiger partial charge in [-0.2, -0.15) is 0 Å². The smallest absolute Gasteiger partial charge is 0.342 e. The maximum absolute atomic E-state index is 11.7. The molecule has 1 aromatic rings. The third kappa shape index (κ3) is 2.42. The molecule has 5 heteroatoms. The number of hydrogen-bond donors (Lipinski definition) is 1. The molecular formula is C11H15NO4. The molecule has 1 amide bonds. The van der Waals surface area contributed by atoms with Crippen molar-refractivity contribution < 1.29 is 18.7 Å². The van der Waals surface area contributed by atoms with Crippen molar-refractivity contribution in [3.05, 3.63) is 22.6 Å². The molecule has 1 N–H and O–H groups in total. The number of esters is 1. The van der Waals surface area contributed by atoms with Crippen LogP contribution in [0.15, 0.2) is 4.42 Å². The zero-order valence-electron chi connectivity index (χ0n) is 9.84. The van der Waals surface area contributed by atoms with Crippen LogP contribution in [-0.4, -0.2) is 25.5 Å². The lowest BCUT2D eigenvalue weighted by Crippen LogP contribution is -2.25. The maximum atomic E-state index is 11.7. The van der Waals surface area contributed by atoms with Crippen molar-refractivity contribution in [2.24, 2.45) is 0 Å². The lowest BCUT2D eigenvalue weighted by Gasteiger charge is -2.03. The average Bonchev–Trinajstić information content (AvgIpc) is 2.49. The molecule has 0 unspecified atom stereocenters. The summed E-state index contributed by atoms with van der Waals surface area (Å²) in [6.45, 7) is 4.97. The Kier molecular flexibility index (Phi) is 3.71. The summed E-state index contributed by atoms with van der Waals surface area (Å²) in [6.07, 6.45) is 0. The van der Waals surface area contributed by atoms with E-state index in [-0.39, 0.29) is 12.5 Å². The molecule has 0 aliphatic heterocycles. The zero-order chi connectivity index (χ0) is 12.3. The fraction of sp³-hybridized carbons (Fsp3) is 0.455. The number of furan rings is 1. The molecule has 0 aliphatic rings. The molecular weight excluding hydrogens is 210 g/mol. The Labute approximate surface area is 93.8 Å². The van der Waals surface area contributed by atoms with Gasteiger partial charge in [-0.1, -0.05) is 0 Å². The van der Waals surface area contributed by atoms with Crippen LogP contribution in [0.4, 0.5) is 0 Å². The van der Waals surface area contributed by atoms with Gasteiger partial charge in [0.05, 0.1) is 0 Å². The number of amides is 1. The van der Waals surface area contributed by atoms with E-state index in [2.05, 4.69) is 5.32 Å². The molecule has 0 saturated carbocycles. The summed E-state index contributed by atoms with van der Waals surface area (Å²) in [6, 6.07) is 0. The average molecular weight is 225 g/mol. The standard InChI is InChI=1S/C11H15NO4/c1-6-7(2)16-8(3)10(6)11(14)15-5-9(13)12-4/h5H2,1-4H3,(H,12,13). The largest absolute Gasteiger partial charge is 0.465 e. The zero-order valence-corrected chi connectivity index (χ0v) is 9.84. The second kappa shape index (κ2) is 4.83. The molecule has 0 atom stereocenters. The van der Waals surface area contributed by atoms with Crippen molar-refractivity contribution in [2.45, 2.75) is 20.8 Å². The summed E-state index contributed by atoms with van der Waals surface area (Å²) in [4.78, 5) is 22.6. The summed E-state index contributed by atoms with van der Waals surface area (Å²) >= 11 is 0. The minimum atomic E-state index is -0.532. The summed E-state index contributed by atoms with van der Waals surface area (Å²) < 4.78 is 10.1. The highest BCUT2D eigenvalue weighted by molar-refractivity contribution is 5.93. The summed E-state index contributed by atoms with van der Waals surface area (Å²) in [5.74, 6) is 0.320. The first-order valence-electron chi connectivity index (χ1n) is 4.91. The molecule has 0 aromatic carbocycles. The monoisotopic (exact) mass is 225 g/mol. The lowest BCUT2D eigenvalue weighted by molar-refractivity contribution is -0.123. The van der Waals surface area contributed by atoms with E-state index in [1.165, 1.54) is 7.05 Å². The van der Waals surface area contributed by atoms with Crippen LogP contribution in [0.2, 0.25) is 0 Å². The van der Waals surface area contributed by atoms with Crippen LogP contribution < -0.4 is 5.32 Å². The van der Waals surface area contributed by atoms with Crippen LogP contribution in [0.25, 0.3) is 0 Å². The highest BCUT2D eigenvalue weighted by atomic mass is 16.5. The number of carbonyl (C=O) groups is 2. The Morgan fingerprint density at radius 3 is 2.31 bits per heavy atom. The van der Waals surface area contributed by atoms with Gasteiger partial charge in [0.25, 0.3) is 5.91 Å². The molecule has 88 valence electrons. The molecule has 0 spiro atoms. The second-order valence-electron chi connectivity index (χ2n) is 3.46. The minimum Gasteiger partial charge on any atom is -0.465 e.